The van der Waals surface area contributed by atoms with Gasteiger partial charge in [0.05, 0.1) is 12.7 Å². The van der Waals surface area contributed by atoms with Crippen molar-refractivity contribution in [2.75, 3.05) is 7.11 Å². The van der Waals surface area contributed by atoms with E-state index in [1.165, 1.54) is 103 Å². The van der Waals surface area contributed by atoms with Crippen molar-refractivity contribution in [2.24, 2.45) is 0 Å². The van der Waals surface area contributed by atoms with E-state index in [9.17, 15) is 4.79 Å². The predicted molar refractivity (Wildman–Crippen MR) is 137 cm³/mol. The zero-order chi connectivity index (χ0) is 22.9. The molecule has 0 radical (unpaired) electrons. The van der Waals surface area contributed by atoms with Gasteiger partial charge in [-0.05, 0) is 35.6 Å². The lowest BCUT2D eigenvalue weighted by Crippen LogP contribution is -2.04. The first-order valence-electron chi connectivity index (χ1n) is 13.0. The van der Waals surface area contributed by atoms with Crippen LogP contribution in [0.5, 0.6) is 0 Å². The summed E-state index contributed by atoms with van der Waals surface area (Å²) < 4.78 is 4.99. The zero-order valence-corrected chi connectivity index (χ0v) is 20.5. The van der Waals surface area contributed by atoms with Crippen LogP contribution in [-0.4, -0.2) is 13.1 Å². The van der Waals surface area contributed by atoms with Crippen LogP contribution in [0.2, 0.25) is 0 Å². The minimum Gasteiger partial charge on any atom is -0.465 e. The summed E-state index contributed by atoms with van der Waals surface area (Å²) in [5.41, 5.74) is 4.09. The van der Waals surface area contributed by atoms with Crippen molar-refractivity contribution in [3.63, 3.8) is 0 Å². The fourth-order valence-corrected chi connectivity index (χ4v) is 4.52. The monoisotopic (exact) mass is 436 g/mol. The van der Waals surface area contributed by atoms with Crippen LogP contribution in [0, 0.1) is 0 Å². The zero-order valence-electron chi connectivity index (χ0n) is 20.5. The molecule has 0 aliphatic rings. The molecule has 0 unspecified atom stereocenters. The normalized spacial score (nSPS) is 10.9. The van der Waals surface area contributed by atoms with Crippen LogP contribution in [0.4, 0.5) is 0 Å². The van der Waals surface area contributed by atoms with Gasteiger partial charge in [-0.15, -0.1) is 0 Å². The van der Waals surface area contributed by atoms with Crippen molar-refractivity contribution in [3.8, 4) is 11.1 Å². The highest BCUT2D eigenvalue weighted by molar-refractivity contribution is 5.97. The summed E-state index contributed by atoms with van der Waals surface area (Å²) >= 11 is 0. The molecule has 0 amide bonds. The molecule has 32 heavy (non-hydrogen) atoms. The van der Waals surface area contributed by atoms with Gasteiger partial charge in [0.1, 0.15) is 0 Å². The van der Waals surface area contributed by atoms with E-state index < -0.39 is 0 Å². The first-order valence-corrected chi connectivity index (χ1v) is 13.0. The molecule has 2 heteroatoms. The van der Waals surface area contributed by atoms with Crippen molar-refractivity contribution < 1.29 is 9.53 Å². The van der Waals surface area contributed by atoms with Gasteiger partial charge in [-0.2, -0.15) is 0 Å². The smallest absolute Gasteiger partial charge is 0.338 e. The molecular weight excluding hydrogens is 392 g/mol. The lowest BCUT2D eigenvalue weighted by molar-refractivity contribution is 0.0601. The van der Waals surface area contributed by atoms with Crippen LogP contribution in [0.1, 0.15) is 113 Å². The number of aryl methyl sites for hydroxylation is 1. The molecule has 2 rings (SSSR count). The number of rotatable bonds is 17. The number of benzene rings is 2. The van der Waals surface area contributed by atoms with Crippen LogP contribution < -0.4 is 0 Å². The SMILES string of the molecule is CCCCCCCCCCCCCCCCc1ccccc1-c1ccccc1C(=O)OC. The molecule has 0 aromatic heterocycles. The van der Waals surface area contributed by atoms with Crippen molar-refractivity contribution >= 4 is 5.97 Å². The second-order valence-corrected chi connectivity index (χ2v) is 9.04. The van der Waals surface area contributed by atoms with Crippen LogP contribution in [0.3, 0.4) is 0 Å². The maximum Gasteiger partial charge on any atom is 0.338 e. The second kappa shape index (κ2) is 16.5. The first-order chi connectivity index (χ1) is 15.8. The third-order valence-corrected chi connectivity index (χ3v) is 6.44. The van der Waals surface area contributed by atoms with E-state index in [0.717, 1.165) is 17.5 Å². The van der Waals surface area contributed by atoms with Crippen molar-refractivity contribution in [1.29, 1.82) is 0 Å². The summed E-state index contributed by atoms with van der Waals surface area (Å²) in [5.74, 6) is -0.271. The van der Waals surface area contributed by atoms with Gasteiger partial charge in [0.25, 0.3) is 0 Å². The Balaban J connectivity index is 1.65. The Kier molecular flexibility index (Phi) is 13.5. The van der Waals surface area contributed by atoms with E-state index in [-0.39, 0.29) is 5.97 Å². The van der Waals surface area contributed by atoms with E-state index in [0.29, 0.717) is 5.56 Å². The Morgan fingerprint density at radius 2 is 1.09 bits per heavy atom. The summed E-state index contributed by atoms with van der Waals surface area (Å²) in [5, 5.41) is 0. The van der Waals surface area contributed by atoms with Gasteiger partial charge < -0.3 is 4.74 Å². The quantitative estimate of drug-likeness (QED) is 0.182. The van der Waals surface area contributed by atoms with Gasteiger partial charge >= 0.3 is 5.97 Å². The second-order valence-electron chi connectivity index (χ2n) is 9.04. The van der Waals surface area contributed by atoms with Gasteiger partial charge in [0.15, 0.2) is 0 Å². The van der Waals surface area contributed by atoms with Gasteiger partial charge in [-0.1, -0.05) is 133 Å². The van der Waals surface area contributed by atoms with Crippen molar-refractivity contribution in [1.82, 2.24) is 0 Å². The lowest BCUT2D eigenvalue weighted by Gasteiger charge is -2.13. The molecule has 2 aromatic rings. The Morgan fingerprint density at radius 1 is 0.625 bits per heavy atom. The number of carbonyl (C=O) groups excluding carboxylic acids is 1. The molecule has 176 valence electrons. The molecule has 0 aliphatic heterocycles. The summed E-state index contributed by atoms with van der Waals surface area (Å²) in [7, 11) is 1.44. The number of hydrogen-bond donors (Lipinski definition) is 0. The summed E-state index contributed by atoms with van der Waals surface area (Å²) in [6, 6.07) is 16.2. The third-order valence-electron chi connectivity index (χ3n) is 6.44. The standard InChI is InChI=1S/C30H44O2/c1-3-4-5-6-7-8-9-10-11-12-13-14-15-16-21-26-22-17-18-23-27(26)28-24-19-20-25-29(28)30(31)32-2/h17-20,22-25H,3-16,21H2,1-2H3. The van der Waals surface area contributed by atoms with Gasteiger partial charge in [0, 0.05) is 0 Å². The Hall–Kier alpha value is -2.09. The van der Waals surface area contributed by atoms with Gasteiger partial charge in [0.2, 0.25) is 0 Å². The molecule has 0 fully saturated rings. The number of methoxy groups -OCH3 is 1. The Morgan fingerprint density at radius 3 is 1.66 bits per heavy atom. The largest absolute Gasteiger partial charge is 0.465 e. The molecular formula is C30H44O2. The van der Waals surface area contributed by atoms with Crippen molar-refractivity contribution in [2.45, 2.75) is 103 Å². The molecule has 0 spiro atoms. The maximum atomic E-state index is 12.2. The number of hydrogen-bond acceptors (Lipinski definition) is 2. The van der Waals surface area contributed by atoms with E-state index in [1.54, 1.807) is 0 Å². The third kappa shape index (κ3) is 9.59. The van der Waals surface area contributed by atoms with Crippen LogP contribution in [0.15, 0.2) is 48.5 Å². The minimum atomic E-state index is -0.271. The number of ether oxygens (including phenoxy) is 1. The minimum absolute atomic E-state index is 0.271. The topological polar surface area (TPSA) is 26.3 Å². The highest BCUT2D eigenvalue weighted by atomic mass is 16.5. The summed E-state index contributed by atoms with van der Waals surface area (Å²) in [6.07, 6.45) is 20.4. The van der Waals surface area contributed by atoms with Gasteiger partial charge in [-0.3, -0.25) is 0 Å². The fourth-order valence-electron chi connectivity index (χ4n) is 4.52. The van der Waals surface area contributed by atoms with E-state index in [1.807, 2.05) is 24.3 Å². The first kappa shape index (κ1) is 26.2. The molecule has 0 saturated heterocycles. The average Bonchev–Trinajstić information content (AvgIpc) is 2.84. The molecule has 2 nitrogen and oxygen atoms in total. The van der Waals surface area contributed by atoms with E-state index >= 15 is 0 Å². The molecule has 0 saturated carbocycles. The van der Waals surface area contributed by atoms with Gasteiger partial charge in [-0.25, -0.2) is 4.79 Å². The summed E-state index contributed by atoms with van der Waals surface area (Å²) in [4.78, 5) is 12.2. The Bertz CT molecular complexity index is 765. The number of unbranched alkanes of at least 4 members (excludes halogenated alkanes) is 13. The molecule has 0 N–H and O–H groups in total. The molecule has 0 heterocycles. The van der Waals surface area contributed by atoms with Crippen LogP contribution >= 0.6 is 0 Å². The number of esters is 1. The van der Waals surface area contributed by atoms with Crippen molar-refractivity contribution in [3.05, 3.63) is 59.7 Å². The Labute approximate surface area is 196 Å². The van der Waals surface area contributed by atoms with Crippen LogP contribution in [0.25, 0.3) is 11.1 Å². The molecule has 2 aromatic carbocycles. The van der Waals surface area contributed by atoms with Crippen LogP contribution in [-0.2, 0) is 11.2 Å². The number of carbonyl (C=O) groups is 1. The highest BCUT2D eigenvalue weighted by Gasteiger charge is 2.14. The molecule has 0 atom stereocenters. The van der Waals surface area contributed by atoms with E-state index in [2.05, 4.69) is 31.2 Å². The van der Waals surface area contributed by atoms with E-state index in [4.69, 9.17) is 4.74 Å². The molecule has 0 aliphatic carbocycles. The lowest BCUT2D eigenvalue weighted by atomic mass is 9.92. The summed E-state index contributed by atoms with van der Waals surface area (Å²) in [6.45, 7) is 2.28. The fraction of sp³-hybridized carbons (Fsp3) is 0.567. The highest BCUT2D eigenvalue weighted by Crippen LogP contribution is 2.29. The maximum absolute atomic E-state index is 12.2. The average molecular weight is 437 g/mol. The predicted octanol–water partition coefficient (Wildman–Crippen LogP) is 9.16. The molecule has 0 bridgehead atoms.